The highest BCUT2D eigenvalue weighted by molar-refractivity contribution is 6.04. The first kappa shape index (κ1) is 18.2. The number of amides is 2. The van der Waals surface area contributed by atoms with E-state index in [1.54, 1.807) is 13.8 Å². The van der Waals surface area contributed by atoms with E-state index in [9.17, 15) is 9.59 Å². The van der Waals surface area contributed by atoms with Gasteiger partial charge in [0.1, 0.15) is 5.41 Å². The molecule has 0 spiro atoms. The molecule has 1 rings (SSSR count). The van der Waals surface area contributed by atoms with Crippen LogP contribution in [0.2, 0.25) is 0 Å². The van der Waals surface area contributed by atoms with Crippen molar-refractivity contribution in [1.82, 2.24) is 15.5 Å². The van der Waals surface area contributed by atoms with E-state index in [2.05, 4.69) is 10.6 Å². The largest absolute Gasteiger partial charge is 0.354 e. The molecule has 0 fully saturated rings. The molecule has 2 N–H and O–H groups in total. The molecule has 0 unspecified atom stereocenters. The third-order valence-corrected chi connectivity index (χ3v) is 3.68. The summed E-state index contributed by atoms with van der Waals surface area (Å²) in [6.45, 7) is 6.99. The summed E-state index contributed by atoms with van der Waals surface area (Å²) in [4.78, 5) is 26.5. The Labute approximate surface area is 133 Å². The van der Waals surface area contributed by atoms with Gasteiger partial charge in [-0.25, -0.2) is 0 Å². The van der Waals surface area contributed by atoms with Crippen LogP contribution in [0, 0.1) is 12.3 Å². The third kappa shape index (κ3) is 5.15. The molecule has 5 heteroatoms. The van der Waals surface area contributed by atoms with Gasteiger partial charge in [-0.1, -0.05) is 24.3 Å². The van der Waals surface area contributed by atoms with Gasteiger partial charge in [-0.2, -0.15) is 0 Å². The fraction of sp³-hybridized carbons (Fsp3) is 0.529. The first-order valence-electron chi connectivity index (χ1n) is 7.51. The Balaban J connectivity index is 2.55. The lowest BCUT2D eigenvalue weighted by atomic mass is 9.91. The van der Waals surface area contributed by atoms with Crippen molar-refractivity contribution in [1.29, 1.82) is 0 Å². The first-order chi connectivity index (χ1) is 10.2. The standard InChI is InChI=1S/C17H27N3O2/c1-13-8-6-7-9-14(13)12-19-16(22)17(2,3)15(21)18-10-11-20(4)5/h6-9H,10-12H2,1-5H3,(H,18,21)(H,19,22). The van der Waals surface area contributed by atoms with Gasteiger partial charge in [0.15, 0.2) is 0 Å². The number of benzene rings is 1. The molecule has 0 bridgehead atoms. The zero-order valence-corrected chi connectivity index (χ0v) is 14.2. The molecule has 1 aromatic carbocycles. The molecule has 0 atom stereocenters. The number of likely N-dealkylation sites (N-methyl/N-ethyl adjacent to an activating group) is 1. The quantitative estimate of drug-likeness (QED) is 0.747. The van der Waals surface area contributed by atoms with Gasteiger partial charge in [0.2, 0.25) is 11.8 Å². The second-order valence-corrected chi connectivity index (χ2v) is 6.29. The van der Waals surface area contributed by atoms with Crippen LogP contribution in [-0.4, -0.2) is 43.9 Å². The summed E-state index contributed by atoms with van der Waals surface area (Å²) >= 11 is 0. The minimum atomic E-state index is -1.09. The molecule has 0 aliphatic heterocycles. The number of aryl methyl sites for hydroxylation is 1. The Morgan fingerprint density at radius 2 is 1.68 bits per heavy atom. The molecule has 0 saturated carbocycles. The highest BCUT2D eigenvalue weighted by atomic mass is 16.2. The third-order valence-electron chi connectivity index (χ3n) is 3.68. The van der Waals surface area contributed by atoms with Crippen molar-refractivity contribution in [3.05, 3.63) is 35.4 Å². The molecule has 0 aliphatic carbocycles. The van der Waals surface area contributed by atoms with Crippen LogP contribution >= 0.6 is 0 Å². The van der Waals surface area contributed by atoms with E-state index < -0.39 is 5.41 Å². The number of nitrogens with zero attached hydrogens (tertiary/aromatic N) is 1. The average molecular weight is 305 g/mol. The van der Waals surface area contributed by atoms with E-state index in [-0.39, 0.29) is 11.8 Å². The van der Waals surface area contributed by atoms with Gasteiger partial charge >= 0.3 is 0 Å². The number of nitrogens with one attached hydrogen (secondary N) is 2. The van der Waals surface area contributed by atoms with Crippen LogP contribution in [0.25, 0.3) is 0 Å². The van der Waals surface area contributed by atoms with E-state index in [1.807, 2.05) is 50.2 Å². The Hall–Kier alpha value is -1.88. The Kier molecular flexibility index (Phi) is 6.56. The topological polar surface area (TPSA) is 61.4 Å². The number of hydrogen-bond donors (Lipinski definition) is 2. The SMILES string of the molecule is Cc1ccccc1CNC(=O)C(C)(C)C(=O)NCCN(C)C. The Morgan fingerprint density at radius 3 is 2.27 bits per heavy atom. The number of carbonyl (C=O) groups is 2. The smallest absolute Gasteiger partial charge is 0.235 e. The average Bonchev–Trinajstić information content (AvgIpc) is 2.45. The molecular weight excluding hydrogens is 278 g/mol. The predicted octanol–water partition coefficient (Wildman–Crippen LogP) is 1.32. The van der Waals surface area contributed by atoms with Gasteiger partial charge < -0.3 is 15.5 Å². The lowest BCUT2D eigenvalue weighted by molar-refractivity contribution is -0.141. The second kappa shape index (κ2) is 7.94. The minimum Gasteiger partial charge on any atom is -0.354 e. The van der Waals surface area contributed by atoms with Crippen molar-refractivity contribution < 1.29 is 9.59 Å². The summed E-state index contributed by atoms with van der Waals surface area (Å²) in [6, 6.07) is 7.87. The zero-order valence-electron chi connectivity index (χ0n) is 14.2. The van der Waals surface area contributed by atoms with Gasteiger partial charge in [0.25, 0.3) is 0 Å². The van der Waals surface area contributed by atoms with Gasteiger partial charge in [-0.3, -0.25) is 9.59 Å². The summed E-state index contributed by atoms with van der Waals surface area (Å²) in [6.07, 6.45) is 0. The normalized spacial score (nSPS) is 11.4. The number of rotatable bonds is 7. The molecule has 0 aliphatic rings. The molecule has 0 aromatic heterocycles. The van der Waals surface area contributed by atoms with Crippen molar-refractivity contribution in [2.75, 3.05) is 27.2 Å². The molecule has 22 heavy (non-hydrogen) atoms. The maximum Gasteiger partial charge on any atom is 0.235 e. The van der Waals surface area contributed by atoms with Crippen LogP contribution in [0.3, 0.4) is 0 Å². The van der Waals surface area contributed by atoms with Crippen LogP contribution in [-0.2, 0) is 16.1 Å². The van der Waals surface area contributed by atoms with E-state index >= 15 is 0 Å². The van der Waals surface area contributed by atoms with Crippen molar-refractivity contribution in [2.45, 2.75) is 27.3 Å². The maximum absolute atomic E-state index is 12.3. The molecule has 122 valence electrons. The Bertz CT molecular complexity index is 524. The molecule has 2 amide bonds. The highest BCUT2D eigenvalue weighted by Gasteiger charge is 2.35. The van der Waals surface area contributed by atoms with Gasteiger partial charge in [0.05, 0.1) is 0 Å². The van der Waals surface area contributed by atoms with Crippen LogP contribution in [0.4, 0.5) is 0 Å². The molecule has 0 saturated heterocycles. The van der Waals surface area contributed by atoms with Gasteiger partial charge in [-0.05, 0) is 46.0 Å². The predicted molar refractivity (Wildman–Crippen MR) is 88.4 cm³/mol. The van der Waals surface area contributed by atoms with E-state index in [4.69, 9.17) is 0 Å². The van der Waals surface area contributed by atoms with Gasteiger partial charge in [0, 0.05) is 19.6 Å². The van der Waals surface area contributed by atoms with Crippen LogP contribution in [0.15, 0.2) is 24.3 Å². The molecule has 0 heterocycles. The first-order valence-corrected chi connectivity index (χ1v) is 7.51. The highest BCUT2D eigenvalue weighted by Crippen LogP contribution is 2.16. The van der Waals surface area contributed by atoms with E-state index in [0.717, 1.165) is 17.7 Å². The summed E-state index contributed by atoms with van der Waals surface area (Å²) in [5, 5.41) is 5.65. The maximum atomic E-state index is 12.3. The zero-order chi connectivity index (χ0) is 16.8. The molecule has 1 aromatic rings. The van der Waals surface area contributed by atoms with Crippen molar-refractivity contribution >= 4 is 11.8 Å². The van der Waals surface area contributed by atoms with Gasteiger partial charge in [-0.15, -0.1) is 0 Å². The summed E-state index contributed by atoms with van der Waals surface area (Å²) < 4.78 is 0. The van der Waals surface area contributed by atoms with Crippen molar-refractivity contribution in [2.24, 2.45) is 5.41 Å². The van der Waals surface area contributed by atoms with E-state index in [0.29, 0.717) is 13.1 Å². The summed E-state index contributed by atoms with van der Waals surface area (Å²) in [5.41, 5.74) is 1.09. The minimum absolute atomic E-state index is 0.253. The second-order valence-electron chi connectivity index (χ2n) is 6.29. The van der Waals surface area contributed by atoms with Crippen LogP contribution < -0.4 is 10.6 Å². The van der Waals surface area contributed by atoms with Crippen molar-refractivity contribution in [3.63, 3.8) is 0 Å². The van der Waals surface area contributed by atoms with E-state index in [1.165, 1.54) is 0 Å². The Morgan fingerprint density at radius 1 is 1.09 bits per heavy atom. The van der Waals surface area contributed by atoms with Crippen molar-refractivity contribution in [3.8, 4) is 0 Å². The van der Waals surface area contributed by atoms with Crippen LogP contribution in [0.5, 0.6) is 0 Å². The van der Waals surface area contributed by atoms with Crippen LogP contribution in [0.1, 0.15) is 25.0 Å². The summed E-state index contributed by atoms with van der Waals surface area (Å²) in [5.74, 6) is -0.519. The summed E-state index contributed by atoms with van der Waals surface area (Å²) in [7, 11) is 3.87. The lowest BCUT2D eigenvalue weighted by Crippen LogP contribution is -2.48. The fourth-order valence-corrected chi connectivity index (χ4v) is 1.92. The molecule has 5 nitrogen and oxygen atoms in total. The lowest BCUT2D eigenvalue weighted by Gasteiger charge is -2.23. The monoisotopic (exact) mass is 305 g/mol. The fourth-order valence-electron chi connectivity index (χ4n) is 1.92. The number of hydrogen-bond acceptors (Lipinski definition) is 3. The molecule has 0 radical (unpaired) electrons. The number of carbonyl (C=O) groups excluding carboxylic acids is 2. The molecular formula is C17H27N3O2.